The normalized spacial score (nSPS) is 25.9. The molecule has 1 amide bonds. The van der Waals surface area contributed by atoms with Gasteiger partial charge >= 0.3 is 0 Å². The number of amides is 1. The molecule has 4 heteroatoms. The maximum atomic E-state index is 12.0. The van der Waals surface area contributed by atoms with Gasteiger partial charge in [0.1, 0.15) is 11.5 Å². The molecule has 1 rings (SSSR count). The average Bonchev–Trinajstić information content (AvgIpc) is 2.38. The van der Waals surface area contributed by atoms with E-state index in [1.807, 2.05) is 13.8 Å². The zero-order valence-electron chi connectivity index (χ0n) is 11.5. The van der Waals surface area contributed by atoms with E-state index in [2.05, 4.69) is 20.8 Å². The summed E-state index contributed by atoms with van der Waals surface area (Å²) in [6.45, 7) is 10.8. The molecule has 0 aliphatic carbocycles. The Labute approximate surface area is 103 Å². The molecule has 4 nitrogen and oxygen atoms in total. The van der Waals surface area contributed by atoms with Crippen LogP contribution >= 0.6 is 0 Å². The van der Waals surface area contributed by atoms with E-state index in [1.165, 1.54) is 0 Å². The zero-order chi connectivity index (χ0) is 13.4. The number of rotatable bonds is 3. The van der Waals surface area contributed by atoms with Crippen molar-refractivity contribution < 1.29 is 9.90 Å². The minimum Gasteiger partial charge on any atom is -0.507 e. The maximum Gasteiger partial charge on any atom is 0.274 e. The molecule has 1 aliphatic rings. The maximum absolute atomic E-state index is 12.0. The molecule has 0 fully saturated rings. The lowest BCUT2D eigenvalue weighted by atomic mass is 9.90. The van der Waals surface area contributed by atoms with Crippen molar-refractivity contribution in [1.82, 2.24) is 4.90 Å². The molecule has 0 spiro atoms. The molecule has 1 unspecified atom stereocenters. The van der Waals surface area contributed by atoms with Gasteiger partial charge in [0.15, 0.2) is 0 Å². The van der Waals surface area contributed by atoms with E-state index >= 15 is 0 Å². The molecule has 0 aromatic rings. The van der Waals surface area contributed by atoms with Crippen LogP contribution in [0.3, 0.4) is 0 Å². The first-order chi connectivity index (χ1) is 7.63. The Morgan fingerprint density at radius 3 is 2.35 bits per heavy atom. The van der Waals surface area contributed by atoms with Crippen molar-refractivity contribution in [3.05, 3.63) is 11.5 Å². The minimum absolute atomic E-state index is 0.00302. The van der Waals surface area contributed by atoms with Crippen LogP contribution in [-0.4, -0.2) is 28.0 Å². The Hall–Kier alpha value is -1.19. The van der Waals surface area contributed by atoms with Crippen molar-refractivity contribution in [3.8, 4) is 0 Å². The molecule has 0 bridgehead atoms. The van der Waals surface area contributed by atoms with Crippen LogP contribution in [0.15, 0.2) is 11.5 Å². The standard InChI is InChI=1S/C13H24N2O2/c1-6-13(5)10(16)9(14)11(17)15(13)8-7-12(2,3)4/h16H,6-8,14H2,1-5H3. The minimum atomic E-state index is -0.633. The number of aliphatic hydroxyl groups excluding tert-OH is 1. The summed E-state index contributed by atoms with van der Waals surface area (Å²) in [6, 6.07) is 0. The molecular weight excluding hydrogens is 216 g/mol. The number of nitrogens with zero attached hydrogens (tertiary/aromatic N) is 1. The van der Waals surface area contributed by atoms with Gasteiger partial charge in [-0.05, 0) is 25.2 Å². The fourth-order valence-electron chi connectivity index (χ4n) is 2.04. The summed E-state index contributed by atoms with van der Waals surface area (Å²) in [5.41, 5.74) is 5.17. The van der Waals surface area contributed by atoms with Gasteiger partial charge in [0, 0.05) is 6.54 Å². The van der Waals surface area contributed by atoms with Gasteiger partial charge in [0.25, 0.3) is 5.91 Å². The number of hydrogen-bond acceptors (Lipinski definition) is 3. The van der Waals surface area contributed by atoms with Crippen LogP contribution in [0.5, 0.6) is 0 Å². The van der Waals surface area contributed by atoms with E-state index in [1.54, 1.807) is 4.90 Å². The van der Waals surface area contributed by atoms with Gasteiger partial charge in [-0.1, -0.05) is 27.7 Å². The highest BCUT2D eigenvalue weighted by Gasteiger charge is 2.46. The molecule has 0 saturated heterocycles. The fraction of sp³-hybridized carbons (Fsp3) is 0.769. The topological polar surface area (TPSA) is 66.6 Å². The van der Waals surface area contributed by atoms with Crippen molar-refractivity contribution in [1.29, 1.82) is 0 Å². The monoisotopic (exact) mass is 240 g/mol. The first-order valence-corrected chi connectivity index (χ1v) is 6.14. The predicted molar refractivity (Wildman–Crippen MR) is 68.3 cm³/mol. The van der Waals surface area contributed by atoms with Gasteiger partial charge in [0.2, 0.25) is 0 Å². The highest BCUT2D eigenvalue weighted by atomic mass is 16.3. The van der Waals surface area contributed by atoms with Crippen LogP contribution in [0.4, 0.5) is 0 Å². The molecule has 0 aromatic carbocycles. The third kappa shape index (κ3) is 2.40. The average molecular weight is 240 g/mol. The van der Waals surface area contributed by atoms with Crippen molar-refractivity contribution in [2.75, 3.05) is 6.54 Å². The van der Waals surface area contributed by atoms with E-state index < -0.39 is 5.54 Å². The Bertz CT molecular complexity index is 355. The third-order valence-electron chi connectivity index (χ3n) is 3.61. The zero-order valence-corrected chi connectivity index (χ0v) is 11.5. The molecule has 1 aliphatic heterocycles. The SMILES string of the molecule is CCC1(C)C(O)=C(N)C(=O)N1CCC(C)(C)C. The second-order valence-corrected chi connectivity index (χ2v) is 6.16. The number of aliphatic hydroxyl groups is 1. The smallest absolute Gasteiger partial charge is 0.274 e. The first kappa shape index (κ1) is 13.9. The van der Waals surface area contributed by atoms with Crippen molar-refractivity contribution >= 4 is 5.91 Å². The van der Waals surface area contributed by atoms with Crippen LogP contribution in [0.25, 0.3) is 0 Å². The Morgan fingerprint density at radius 2 is 1.94 bits per heavy atom. The van der Waals surface area contributed by atoms with Crippen LogP contribution in [0.1, 0.15) is 47.5 Å². The summed E-state index contributed by atoms with van der Waals surface area (Å²) in [4.78, 5) is 13.7. The van der Waals surface area contributed by atoms with E-state index in [0.717, 1.165) is 6.42 Å². The van der Waals surface area contributed by atoms with Crippen molar-refractivity contribution in [2.45, 2.75) is 53.0 Å². The van der Waals surface area contributed by atoms with Crippen LogP contribution in [-0.2, 0) is 4.79 Å². The molecular formula is C13H24N2O2. The van der Waals surface area contributed by atoms with Gasteiger partial charge in [-0.2, -0.15) is 0 Å². The van der Waals surface area contributed by atoms with E-state index in [-0.39, 0.29) is 22.8 Å². The Kier molecular flexibility index (Phi) is 3.46. The van der Waals surface area contributed by atoms with E-state index in [0.29, 0.717) is 13.0 Å². The van der Waals surface area contributed by atoms with Crippen LogP contribution in [0.2, 0.25) is 0 Å². The molecule has 3 N–H and O–H groups in total. The fourth-order valence-corrected chi connectivity index (χ4v) is 2.04. The summed E-state index contributed by atoms with van der Waals surface area (Å²) in [5.74, 6) is -0.213. The summed E-state index contributed by atoms with van der Waals surface area (Å²) in [7, 11) is 0. The lowest BCUT2D eigenvalue weighted by molar-refractivity contribution is -0.130. The van der Waals surface area contributed by atoms with Crippen molar-refractivity contribution in [3.63, 3.8) is 0 Å². The highest BCUT2D eigenvalue weighted by molar-refractivity contribution is 5.97. The molecule has 0 aromatic heterocycles. The van der Waals surface area contributed by atoms with E-state index in [4.69, 9.17) is 5.73 Å². The second-order valence-electron chi connectivity index (χ2n) is 6.16. The predicted octanol–water partition coefficient (Wildman–Crippen LogP) is 2.16. The molecule has 1 heterocycles. The third-order valence-corrected chi connectivity index (χ3v) is 3.61. The number of carbonyl (C=O) groups excluding carboxylic acids is 1. The van der Waals surface area contributed by atoms with E-state index in [9.17, 15) is 9.90 Å². The number of carbonyl (C=O) groups is 1. The number of nitrogens with two attached hydrogens (primary N) is 1. The van der Waals surface area contributed by atoms with Gasteiger partial charge in [-0.25, -0.2) is 0 Å². The lowest BCUT2D eigenvalue weighted by Crippen LogP contribution is -2.47. The summed E-state index contributed by atoms with van der Waals surface area (Å²) >= 11 is 0. The van der Waals surface area contributed by atoms with Crippen molar-refractivity contribution in [2.24, 2.45) is 11.1 Å². The largest absolute Gasteiger partial charge is 0.507 e. The lowest BCUT2D eigenvalue weighted by Gasteiger charge is -2.36. The van der Waals surface area contributed by atoms with Gasteiger partial charge in [-0.3, -0.25) is 4.79 Å². The Morgan fingerprint density at radius 1 is 1.41 bits per heavy atom. The molecule has 0 radical (unpaired) electrons. The molecule has 0 saturated carbocycles. The van der Waals surface area contributed by atoms with Crippen LogP contribution in [0, 0.1) is 5.41 Å². The first-order valence-electron chi connectivity index (χ1n) is 6.14. The summed E-state index contributed by atoms with van der Waals surface area (Å²) in [6.07, 6.45) is 1.55. The van der Waals surface area contributed by atoms with Gasteiger partial charge in [0.05, 0.1) is 5.54 Å². The number of hydrogen-bond donors (Lipinski definition) is 2. The highest BCUT2D eigenvalue weighted by Crippen LogP contribution is 2.35. The summed E-state index contributed by atoms with van der Waals surface area (Å²) in [5, 5.41) is 9.98. The molecule has 98 valence electrons. The van der Waals surface area contributed by atoms with Crippen LogP contribution < -0.4 is 5.73 Å². The van der Waals surface area contributed by atoms with Gasteiger partial charge < -0.3 is 15.7 Å². The Balaban J connectivity index is 2.90. The van der Waals surface area contributed by atoms with Gasteiger partial charge in [-0.15, -0.1) is 0 Å². The molecule has 17 heavy (non-hydrogen) atoms. The summed E-state index contributed by atoms with van der Waals surface area (Å²) < 4.78 is 0. The second kappa shape index (κ2) is 4.24. The quantitative estimate of drug-likeness (QED) is 0.794. The molecule has 1 atom stereocenters.